The van der Waals surface area contributed by atoms with E-state index in [1.54, 1.807) is 24.5 Å². The minimum atomic E-state index is -3.80. The van der Waals surface area contributed by atoms with E-state index in [1.165, 1.54) is 12.1 Å². The molecule has 2 aromatic rings. The summed E-state index contributed by atoms with van der Waals surface area (Å²) in [7, 11) is -3.80. The average molecular weight is 250 g/mol. The first-order chi connectivity index (χ1) is 7.98. The van der Waals surface area contributed by atoms with E-state index in [4.69, 9.17) is 10.9 Å². The molecule has 0 atom stereocenters. The molecule has 0 aliphatic carbocycles. The lowest BCUT2D eigenvalue weighted by molar-refractivity contribution is 0.598. The Morgan fingerprint density at radius 1 is 1.12 bits per heavy atom. The standard InChI is InChI=1S/C10H10N4O2S/c11-8-6-7(10-13-4-1-5-14-10)2-3-9(8)17(12,15)16/h1-6H,11H2,(H2,12,15,16). The summed E-state index contributed by atoms with van der Waals surface area (Å²) in [5.74, 6) is 0.472. The molecule has 88 valence electrons. The molecule has 0 radical (unpaired) electrons. The van der Waals surface area contributed by atoms with Crippen molar-refractivity contribution in [2.45, 2.75) is 4.90 Å². The van der Waals surface area contributed by atoms with Gasteiger partial charge in [0.25, 0.3) is 0 Å². The molecular formula is C10H10N4O2S. The van der Waals surface area contributed by atoms with E-state index in [0.717, 1.165) is 0 Å². The molecule has 6 nitrogen and oxygen atoms in total. The molecule has 0 unspecified atom stereocenters. The van der Waals surface area contributed by atoms with E-state index in [0.29, 0.717) is 11.4 Å². The van der Waals surface area contributed by atoms with Crippen molar-refractivity contribution in [2.75, 3.05) is 5.73 Å². The molecule has 0 saturated carbocycles. The van der Waals surface area contributed by atoms with Crippen molar-refractivity contribution in [3.63, 3.8) is 0 Å². The number of nitrogens with two attached hydrogens (primary N) is 2. The van der Waals surface area contributed by atoms with Crippen LogP contribution in [-0.4, -0.2) is 18.4 Å². The van der Waals surface area contributed by atoms with Gasteiger partial charge in [-0.05, 0) is 24.3 Å². The summed E-state index contributed by atoms with van der Waals surface area (Å²) in [6.45, 7) is 0. The molecule has 4 N–H and O–H groups in total. The van der Waals surface area contributed by atoms with Crippen molar-refractivity contribution in [1.82, 2.24) is 9.97 Å². The monoisotopic (exact) mass is 250 g/mol. The molecule has 0 spiro atoms. The van der Waals surface area contributed by atoms with Crippen molar-refractivity contribution >= 4 is 15.7 Å². The Balaban J connectivity index is 2.53. The van der Waals surface area contributed by atoms with E-state index < -0.39 is 10.0 Å². The zero-order valence-corrected chi connectivity index (χ0v) is 9.55. The number of benzene rings is 1. The minimum Gasteiger partial charge on any atom is -0.398 e. The first-order valence-corrected chi connectivity index (χ1v) is 6.23. The maximum Gasteiger partial charge on any atom is 0.240 e. The van der Waals surface area contributed by atoms with Gasteiger partial charge in [-0.2, -0.15) is 0 Å². The highest BCUT2D eigenvalue weighted by Crippen LogP contribution is 2.23. The van der Waals surface area contributed by atoms with Crippen LogP contribution in [0.15, 0.2) is 41.6 Å². The molecule has 17 heavy (non-hydrogen) atoms. The molecule has 7 heteroatoms. The summed E-state index contributed by atoms with van der Waals surface area (Å²) >= 11 is 0. The predicted molar refractivity (Wildman–Crippen MR) is 63.3 cm³/mol. The molecule has 1 heterocycles. The third kappa shape index (κ3) is 2.40. The van der Waals surface area contributed by atoms with Crippen LogP contribution in [0, 0.1) is 0 Å². The summed E-state index contributed by atoms with van der Waals surface area (Å²) in [6, 6.07) is 6.07. The lowest BCUT2D eigenvalue weighted by atomic mass is 10.2. The van der Waals surface area contributed by atoms with Crippen LogP contribution in [0.5, 0.6) is 0 Å². The third-order valence-corrected chi connectivity index (χ3v) is 3.13. The van der Waals surface area contributed by atoms with E-state index in [2.05, 4.69) is 9.97 Å². The number of hydrogen-bond acceptors (Lipinski definition) is 5. The second-order valence-electron chi connectivity index (χ2n) is 3.37. The number of sulfonamides is 1. The van der Waals surface area contributed by atoms with Crippen LogP contribution in [0.2, 0.25) is 0 Å². The first-order valence-electron chi connectivity index (χ1n) is 4.68. The van der Waals surface area contributed by atoms with E-state index >= 15 is 0 Å². The normalized spacial score (nSPS) is 11.4. The van der Waals surface area contributed by atoms with Crippen molar-refractivity contribution in [3.05, 3.63) is 36.7 Å². The Labute approximate surface area is 98.4 Å². The number of primary sulfonamides is 1. The van der Waals surface area contributed by atoms with Crippen LogP contribution in [0.3, 0.4) is 0 Å². The van der Waals surface area contributed by atoms with Gasteiger partial charge >= 0.3 is 0 Å². The van der Waals surface area contributed by atoms with E-state index in [-0.39, 0.29) is 10.6 Å². The van der Waals surface area contributed by atoms with Gasteiger partial charge in [-0.1, -0.05) is 0 Å². The molecule has 0 bridgehead atoms. The Kier molecular flexibility index (Phi) is 2.78. The fourth-order valence-corrected chi connectivity index (χ4v) is 2.04. The topological polar surface area (TPSA) is 112 Å². The summed E-state index contributed by atoms with van der Waals surface area (Å²) in [5.41, 5.74) is 6.35. The van der Waals surface area contributed by atoms with Crippen LogP contribution in [0.4, 0.5) is 5.69 Å². The van der Waals surface area contributed by atoms with Gasteiger partial charge < -0.3 is 5.73 Å². The molecule has 0 fully saturated rings. The molecule has 1 aromatic carbocycles. The molecule has 0 amide bonds. The van der Waals surface area contributed by atoms with Crippen molar-refractivity contribution in [2.24, 2.45) is 5.14 Å². The summed E-state index contributed by atoms with van der Waals surface area (Å²) < 4.78 is 22.3. The average Bonchev–Trinajstić information content (AvgIpc) is 2.28. The van der Waals surface area contributed by atoms with Crippen LogP contribution in [0.1, 0.15) is 0 Å². The van der Waals surface area contributed by atoms with Gasteiger partial charge in [-0.25, -0.2) is 23.5 Å². The van der Waals surface area contributed by atoms with Gasteiger partial charge in [-0.3, -0.25) is 0 Å². The number of nitrogens with zero attached hydrogens (tertiary/aromatic N) is 2. The Bertz CT molecular complexity index is 641. The van der Waals surface area contributed by atoms with Crippen molar-refractivity contribution < 1.29 is 8.42 Å². The second-order valence-corrected chi connectivity index (χ2v) is 4.90. The summed E-state index contributed by atoms with van der Waals surface area (Å²) in [4.78, 5) is 7.97. The van der Waals surface area contributed by atoms with Gasteiger partial charge in [0.15, 0.2) is 5.82 Å². The first kappa shape index (κ1) is 11.5. The van der Waals surface area contributed by atoms with Gasteiger partial charge in [-0.15, -0.1) is 0 Å². The Hall–Kier alpha value is -1.99. The van der Waals surface area contributed by atoms with Crippen LogP contribution in [0.25, 0.3) is 11.4 Å². The molecule has 1 aromatic heterocycles. The summed E-state index contributed by atoms with van der Waals surface area (Å²) in [6.07, 6.45) is 3.18. The number of hydrogen-bond donors (Lipinski definition) is 2. The highest BCUT2D eigenvalue weighted by Gasteiger charge is 2.13. The fourth-order valence-electron chi connectivity index (χ4n) is 1.39. The third-order valence-electron chi connectivity index (χ3n) is 2.14. The van der Waals surface area contributed by atoms with Crippen LogP contribution in [-0.2, 0) is 10.0 Å². The molecule has 0 saturated heterocycles. The molecule has 0 aliphatic rings. The highest BCUT2D eigenvalue weighted by molar-refractivity contribution is 7.89. The minimum absolute atomic E-state index is 0.0810. The molecular weight excluding hydrogens is 240 g/mol. The van der Waals surface area contributed by atoms with E-state index in [1.807, 2.05) is 0 Å². The smallest absolute Gasteiger partial charge is 0.240 e. The van der Waals surface area contributed by atoms with E-state index in [9.17, 15) is 8.42 Å². The fraction of sp³-hybridized carbons (Fsp3) is 0. The maximum atomic E-state index is 11.2. The lowest BCUT2D eigenvalue weighted by Crippen LogP contribution is -2.14. The quantitative estimate of drug-likeness (QED) is 0.748. The number of rotatable bonds is 2. The number of anilines is 1. The lowest BCUT2D eigenvalue weighted by Gasteiger charge is -2.05. The van der Waals surface area contributed by atoms with Crippen molar-refractivity contribution in [3.8, 4) is 11.4 Å². The predicted octanol–water partition coefficient (Wildman–Crippen LogP) is 0.373. The molecule has 0 aliphatic heterocycles. The van der Waals surface area contributed by atoms with Gasteiger partial charge in [0, 0.05) is 18.0 Å². The number of aromatic nitrogens is 2. The van der Waals surface area contributed by atoms with Gasteiger partial charge in [0.05, 0.1) is 5.69 Å². The highest BCUT2D eigenvalue weighted by atomic mass is 32.2. The molecule has 2 rings (SSSR count). The van der Waals surface area contributed by atoms with Crippen LogP contribution >= 0.6 is 0 Å². The van der Waals surface area contributed by atoms with Gasteiger partial charge in [0.2, 0.25) is 10.0 Å². The largest absolute Gasteiger partial charge is 0.398 e. The van der Waals surface area contributed by atoms with Crippen molar-refractivity contribution in [1.29, 1.82) is 0 Å². The second kappa shape index (κ2) is 4.11. The Morgan fingerprint density at radius 2 is 1.76 bits per heavy atom. The van der Waals surface area contributed by atoms with Crippen LogP contribution < -0.4 is 10.9 Å². The zero-order chi connectivity index (χ0) is 12.5. The zero-order valence-electron chi connectivity index (χ0n) is 8.74. The SMILES string of the molecule is Nc1cc(-c2ncccn2)ccc1S(N)(=O)=O. The number of nitrogen functional groups attached to an aromatic ring is 1. The Morgan fingerprint density at radius 3 is 2.29 bits per heavy atom. The maximum absolute atomic E-state index is 11.2. The van der Waals surface area contributed by atoms with Gasteiger partial charge in [0.1, 0.15) is 4.90 Å². The summed E-state index contributed by atoms with van der Waals surface area (Å²) in [5, 5.41) is 5.01.